The molecule has 3 atom stereocenters. The van der Waals surface area contributed by atoms with Gasteiger partial charge in [-0.05, 0) is 39.1 Å². The highest BCUT2D eigenvalue weighted by Gasteiger charge is 2.26. The number of hydrogen-bond donors (Lipinski definition) is 2. The minimum absolute atomic E-state index is 0.185. The first-order chi connectivity index (χ1) is 12.8. The third kappa shape index (κ3) is 7.18. The van der Waals surface area contributed by atoms with Crippen molar-refractivity contribution in [2.75, 3.05) is 45.6 Å². The van der Waals surface area contributed by atoms with Crippen molar-refractivity contribution in [1.82, 2.24) is 15.5 Å². The molecule has 2 heterocycles. The first-order valence-electron chi connectivity index (χ1n) is 9.53. The SMILES string of the molecule is CN=C(NCCS(=O)C(C)(C)C)NCC(c1cccs1)N1CCOC(C)C1. The van der Waals surface area contributed by atoms with Gasteiger partial charge in [0, 0.05) is 59.4 Å². The van der Waals surface area contributed by atoms with Crippen LogP contribution >= 0.6 is 11.3 Å². The lowest BCUT2D eigenvalue weighted by Crippen LogP contribution is -2.48. The molecule has 0 aliphatic carbocycles. The molecule has 1 aromatic rings. The molecule has 3 unspecified atom stereocenters. The summed E-state index contributed by atoms with van der Waals surface area (Å²) in [7, 11) is 0.904. The second-order valence-electron chi connectivity index (χ2n) is 7.75. The fourth-order valence-corrected chi connectivity index (χ4v) is 4.76. The highest BCUT2D eigenvalue weighted by molar-refractivity contribution is 7.86. The Bertz CT molecular complexity index is 614. The van der Waals surface area contributed by atoms with E-state index < -0.39 is 10.8 Å². The van der Waals surface area contributed by atoms with Crippen molar-refractivity contribution in [3.8, 4) is 0 Å². The van der Waals surface area contributed by atoms with Crippen molar-refractivity contribution in [2.45, 2.75) is 44.6 Å². The Morgan fingerprint density at radius 1 is 1.48 bits per heavy atom. The normalized spacial score (nSPS) is 21.7. The third-order valence-electron chi connectivity index (χ3n) is 4.53. The third-order valence-corrected chi connectivity index (χ3v) is 7.45. The van der Waals surface area contributed by atoms with Gasteiger partial charge in [0.05, 0.1) is 18.8 Å². The molecule has 1 aromatic heterocycles. The van der Waals surface area contributed by atoms with E-state index >= 15 is 0 Å². The number of thiophene rings is 1. The zero-order valence-corrected chi connectivity index (χ0v) is 18.8. The van der Waals surface area contributed by atoms with E-state index in [4.69, 9.17) is 4.74 Å². The van der Waals surface area contributed by atoms with Gasteiger partial charge in [-0.3, -0.25) is 14.1 Å². The second kappa shape index (κ2) is 10.5. The molecule has 1 aliphatic rings. The van der Waals surface area contributed by atoms with Crippen LogP contribution in [0.25, 0.3) is 0 Å². The Hall–Kier alpha value is -0.960. The molecule has 154 valence electrons. The summed E-state index contributed by atoms with van der Waals surface area (Å²) in [6, 6.07) is 4.59. The molecule has 2 rings (SSSR count). The van der Waals surface area contributed by atoms with Gasteiger partial charge in [0.15, 0.2) is 5.96 Å². The maximum absolute atomic E-state index is 12.2. The second-order valence-corrected chi connectivity index (χ2v) is 11.1. The van der Waals surface area contributed by atoms with Gasteiger partial charge in [0.1, 0.15) is 0 Å². The lowest BCUT2D eigenvalue weighted by atomic mass is 10.1. The average molecular weight is 415 g/mol. The van der Waals surface area contributed by atoms with E-state index in [0.29, 0.717) is 18.3 Å². The van der Waals surface area contributed by atoms with E-state index in [1.165, 1.54) is 4.88 Å². The summed E-state index contributed by atoms with van der Waals surface area (Å²) in [5.74, 6) is 1.36. The number of rotatable bonds is 7. The fourth-order valence-electron chi connectivity index (χ4n) is 3.00. The summed E-state index contributed by atoms with van der Waals surface area (Å²) in [5.41, 5.74) is 0. The van der Waals surface area contributed by atoms with Crippen LogP contribution in [0.15, 0.2) is 22.5 Å². The maximum atomic E-state index is 12.2. The number of morpholine rings is 1. The lowest BCUT2D eigenvalue weighted by molar-refractivity contribution is -0.0334. The number of nitrogens with zero attached hydrogens (tertiary/aromatic N) is 2. The van der Waals surface area contributed by atoms with Gasteiger partial charge < -0.3 is 15.4 Å². The summed E-state index contributed by atoms with van der Waals surface area (Å²) in [5, 5.41) is 8.86. The van der Waals surface area contributed by atoms with Gasteiger partial charge >= 0.3 is 0 Å². The molecular weight excluding hydrogens is 380 g/mol. The highest BCUT2D eigenvalue weighted by atomic mass is 32.2. The van der Waals surface area contributed by atoms with Crippen LogP contribution in [0.4, 0.5) is 0 Å². The molecule has 2 N–H and O–H groups in total. The summed E-state index contributed by atoms with van der Waals surface area (Å²) < 4.78 is 17.7. The largest absolute Gasteiger partial charge is 0.376 e. The van der Waals surface area contributed by atoms with Crippen molar-refractivity contribution < 1.29 is 8.95 Å². The van der Waals surface area contributed by atoms with Crippen molar-refractivity contribution >= 4 is 28.1 Å². The topological polar surface area (TPSA) is 66.0 Å². The molecule has 0 aromatic carbocycles. The molecule has 0 spiro atoms. The van der Waals surface area contributed by atoms with Gasteiger partial charge in [0.25, 0.3) is 0 Å². The molecule has 6 nitrogen and oxygen atoms in total. The zero-order chi connectivity index (χ0) is 19.9. The molecule has 0 bridgehead atoms. The average Bonchev–Trinajstić information content (AvgIpc) is 3.13. The van der Waals surface area contributed by atoms with Gasteiger partial charge in [-0.15, -0.1) is 11.3 Å². The number of hydrogen-bond acceptors (Lipinski definition) is 5. The van der Waals surface area contributed by atoms with Crippen LogP contribution in [0, 0.1) is 0 Å². The van der Waals surface area contributed by atoms with Crippen LogP contribution < -0.4 is 10.6 Å². The Morgan fingerprint density at radius 2 is 2.26 bits per heavy atom. The van der Waals surface area contributed by atoms with Crippen LogP contribution in [-0.2, 0) is 15.5 Å². The Labute approximate surface area is 170 Å². The van der Waals surface area contributed by atoms with Crippen molar-refractivity contribution in [2.24, 2.45) is 4.99 Å². The van der Waals surface area contributed by atoms with E-state index in [0.717, 1.165) is 32.2 Å². The molecule has 0 radical (unpaired) electrons. The number of guanidine groups is 1. The van der Waals surface area contributed by atoms with Crippen LogP contribution in [-0.4, -0.2) is 71.5 Å². The number of ether oxygens (including phenoxy) is 1. The van der Waals surface area contributed by atoms with E-state index in [1.54, 1.807) is 18.4 Å². The smallest absolute Gasteiger partial charge is 0.191 e. The Kier molecular flexibility index (Phi) is 8.72. The van der Waals surface area contributed by atoms with Crippen LogP contribution in [0.5, 0.6) is 0 Å². The first kappa shape index (κ1) is 22.3. The molecule has 8 heteroatoms. The molecule has 1 aliphatic heterocycles. The fraction of sp³-hybridized carbons (Fsp3) is 0.737. The van der Waals surface area contributed by atoms with Crippen LogP contribution in [0.3, 0.4) is 0 Å². The minimum Gasteiger partial charge on any atom is -0.376 e. The summed E-state index contributed by atoms with van der Waals surface area (Å²) in [6.45, 7) is 12.2. The summed E-state index contributed by atoms with van der Waals surface area (Å²) in [6.07, 6.45) is 0.256. The molecule has 1 saturated heterocycles. The van der Waals surface area contributed by atoms with Gasteiger partial charge in [0.2, 0.25) is 0 Å². The molecule has 1 fully saturated rings. The predicted octanol–water partition coefficient (Wildman–Crippen LogP) is 2.22. The molecular formula is C19H34N4O2S2. The quantitative estimate of drug-likeness (QED) is 0.529. The lowest BCUT2D eigenvalue weighted by Gasteiger charge is -2.37. The summed E-state index contributed by atoms with van der Waals surface area (Å²) >= 11 is 1.79. The Balaban J connectivity index is 1.90. The minimum atomic E-state index is -0.866. The zero-order valence-electron chi connectivity index (χ0n) is 17.2. The Morgan fingerprint density at radius 3 is 2.85 bits per heavy atom. The van der Waals surface area contributed by atoms with E-state index in [9.17, 15) is 4.21 Å². The first-order valence-corrected chi connectivity index (χ1v) is 11.7. The molecule has 0 amide bonds. The predicted molar refractivity (Wildman–Crippen MR) is 116 cm³/mol. The maximum Gasteiger partial charge on any atom is 0.191 e. The van der Waals surface area contributed by atoms with E-state index in [1.807, 2.05) is 20.8 Å². The van der Waals surface area contributed by atoms with Gasteiger partial charge in [-0.1, -0.05) is 6.07 Å². The molecule has 27 heavy (non-hydrogen) atoms. The monoisotopic (exact) mass is 414 g/mol. The van der Waals surface area contributed by atoms with Gasteiger partial charge in [-0.2, -0.15) is 0 Å². The van der Waals surface area contributed by atoms with E-state index in [-0.39, 0.29) is 10.9 Å². The standard InChI is InChI=1S/C19H34N4O2S2/c1-15-14-23(9-10-25-15)16(17-7-6-11-26-17)13-22-18(20-5)21-8-12-27(24)19(2,3)4/h6-7,11,15-16H,8-10,12-14H2,1-5H3,(H2,20,21,22). The highest BCUT2D eigenvalue weighted by Crippen LogP contribution is 2.26. The van der Waals surface area contributed by atoms with Crippen molar-refractivity contribution in [1.29, 1.82) is 0 Å². The number of nitrogens with one attached hydrogen (secondary N) is 2. The number of aliphatic imine (C=N–C) groups is 1. The molecule has 0 saturated carbocycles. The van der Waals surface area contributed by atoms with E-state index in [2.05, 4.69) is 45.0 Å². The van der Waals surface area contributed by atoms with Gasteiger partial charge in [-0.25, -0.2) is 0 Å². The van der Waals surface area contributed by atoms with Crippen LogP contribution in [0.1, 0.15) is 38.6 Å². The van der Waals surface area contributed by atoms with Crippen LogP contribution in [0.2, 0.25) is 0 Å². The van der Waals surface area contributed by atoms with Crippen molar-refractivity contribution in [3.63, 3.8) is 0 Å². The summed E-state index contributed by atoms with van der Waals surface area (Å²) in [4.78, 5) is 8.15. The van der Waals surface area contributed by atoms with Crippen molar-refractivity contribution in [3.05, 3.63) is 22.4 Å².